The van der Waals surface area contributed by atoms with Crippen LogP contribution in [0.25, 0.3) is 0 Å². The van der Waals surface area contributed by atoms with Crippen molar-refractivity contribution >= 4 is 11.7 Å². The van der Waals surface area contributed by atoms with Crippen molar-refractivity contribution in [1.82, 2.24) is 20.1 Å². The monoisotopic (exact) mass is 313 g/mol. The third-order valence-corrected chi connectivity index (χ3v) is 3.73. The number of amides is 1. The number of aromatic nitrogens is 3. The summed E-state index contributed by atoms with van der Waals surface area (Å²) in [5.41, 5.74) is 2.01. The van der Waals surface area contributed by atoms with Gasteiger partial charge in [-0.3, -0.25) is 9.78 Å². The largest absolute Gasteiger partial charge is 0.482 e. The number of carbonyl (C=O) groups excluding carboxylic acids is 1. The third-order valence-electron chi connectivity index (χ3n) is 3.73. The Balaban J connectivity index is 1.64. The molecule has 1 aliphatic heterocycles. The average Bonchev–Trinajstić information content (AvgIpc) is 2.59. The second-order valence-corrected chi connectivity index (χ2v) is 5.61. The summed E-state index contributed by atoms with van der Waals surface area (Å²) in [7, 11) is 3.84. The first kappa shape index (κ1) is 15.2. The predicted molar refractivity (Wildman–Crippen MR) is 85.2 cm³/mol. The SMILES string of the molecule is CN(C)c1cc2c(nn1)CCN(C(=O)COc1cccnc1)C2. The molecule has 120 valence electrons. The van der Waals surface area contributed by atoms with Crippen molar-refractivity contribution < 1.29 is 9.53 Å². The van der Waals surface area contributed by atoms with Crippen molar-refractivity contribution in [1.29, 1.82) is 0 Å². The second kappa shape index (κ2) is 6.60. The van der Waals surface area contributed by atoms with Crippen molar-refractivity contribution in [3.05, 3.63) is 41.9 Å². The van der Waals surface area contributed by atoms with E-state index < -0.39 is 0 Å². The molecule has 1 aliphatic rings. The minimum absolute atomic E-state index is 0.0140. The van der Waals surface area contributed by atoms with Crippen LogP contribution in [0, 0.1) is 0 Å². The summed E-state index contributed by atoms with van der Waals surface area (Å²) < 4.78 is 5.48. The molecule has 7 nitrogen and oxygen atoms in total. The van der Waals surface area contributed by atoms with Gasteiger partial charge in [0.15, 0.2) is 12.4 Å². The van der Waals surface area contributed by atoms with Gasteiger partial charge in [-0.1, -0.05) is 0 Å². The number of anilines is 1. The van der Waals surface area contributed by atoms with Crippen LogP contribution in [0.4, 0.5) is 5.82 Å². The molecule has 1 amide bonds. The molecule has 7 heteroatoms. The van der Waals surface area contributed by atoms with E-state index in [-0.39, 0.29) is 12.5 Å². The number of pyridine rings is 1. The molecule has 0 aromatic carbocycles. The van der Waals surface area contributed by atoms with Crippen molar-refractivity contribution in [2.75, 3.05) is 32.1 Å². The first-order chi connectivity index (χ1) is 11.1. The quantitative estimate of drug-likeness (QED) is 0.835. The Labute approximate surface area is 134 Å². The topological polar surface area (TPSA) is 71.5 Å². The van der Waals surface area contributed by atoms with Gasteiger partial charge in [0.1, 0.15) is 5.75 Å². The summed E-state index contributed by atoms with van der Waals surface area (Å²) in [5.74, 6) is 1.35. The van der Waals surface area contributed by atoms with Gasteiger partial charge in [-0.25, -0.2) is 0 Å². The summed E-state index contributed by atoms with van der Waals surface area (Å²) in [5, 5.41) is 8.44. The highest BCUT2D eigenvalue weighted by Gasteiger charge is 2.23. The van der Waals surface area contributed by atoms with Crippen molar-refractivity contribution in [2.24, 2.45) is 0 Å². The highest BCUT2D eigenvalue weighted by atomic mass is 16.5. The van der Waals surface area contributed by atoms with E-state index in [1.807, 2.05) is 25.1 Å². The van der Waals surface area contributed by atoms with Crippen LogP contribution in [-0.4, -0.2) is 53.2 Å². The maximum Gasteiger partial charge on any atom is 0.260 e. The molecule has 0 bridgehead atoms. The van der Waals surface area contributed by atoms with Crippen LogP contribution in [0.15, 0.2) is 30.6 Å². The number of ether oxygens (including phenoxy) is 1. The van der Waals surface area contributed by atoms with Crippen LogP contribution in [0.3, 0.4) is 0 Å². The molecular weight excluding hydrogens is 294 g/mol. The summed E-state index contributed by atoms with van der Waals surface area (Å²) in [6.07, 6.45) is 3.98. The predicted octanol–water partition coefficient (Wildman–Crippen LogP) is 0.901. The van der Waals surface area contributed by atoms with Gasteiger partial charge in [0.05, 0.1) is 11.9 Å². The zero-order valence-corrected chi connectivity index (χ0v) is 13.3. The van der Waals surface area contributed by atoms with Gasteiger partial charge in [-0.15, -0.1) is 5.10 Å². The van der Waals surface area contributed by atoms with Crippen LogP contribution in [0.5, 0.6) is 5.75 Å². The van der Waals surface area contributed by atoms with Gasteiger partial charge in [0.2, 0.25) is 0 Å². The molecule has 0 radical (unpaired) electrons. The lowest BCUT2D eigenvalue weighted by atomic mass is 10.1. The molecule has 23 heavy (non-hydrogen) atoms. The van der Waals surface area contributed by atoms with E-state index >= 15 is 0 Å². The van der Waals surface area contributed by atoms with Gasteiger partial charge in [-0.2, -0.15) is 5.10 Å². The third kappa shape index (κ3) is 3.56. The van der Waals surface area contributed by atoms with Crippen molar-refractivity contribution in [3.63, 3.8) is 0 Å². The van der Waals surface area contributed by atoms with Gasteiger partial charge < -0.3 is 14.5 Å². The standard InChI is InChI=1S/C16H19N5O2/c1-20(2)15-8-12-10-21(7-5-14(12)18-19-15)16(22)11-23-13-4-3-6-17-9-13/h3-4,6,8-9H,5,7,10-11H2,1-2H3. The molecule has 0 aliphatic carbocycles. The van der Waals surface area contributed by atoms with E-state index in [1.165, 1.54) is 0 Å². The fourth-order valence-electron chi connectivity index (χ4n) is 2.42. The van der Waals surface area contributed by atoms with Crippen molar-refractivity contribution in [3.8, 4) is 5.75 Å². The minimum atomic E-state index is -0.0391. The lowest BCUT2D eigenvalue weighted by Gasteiger charge is -2.28. The van der Waals surface area contributed by atoms with Gasteiger partial charge in [0, 0.05) is 39.8 Å². The summed E-state index contributed by atoms with van der Waals surface area (Å²) >= 11 is 0. The highest BCUT2D eigenvalue weighted by molar-refractivity contribution is 5.78. The zero-order chi connectivity index (χ0) is 16.2. The molecule has 0 saturated carbocycles. The van der Waals surface area contributed by atoms with Crippen LogP contribution >= 0.6 is 0 Å². The lowest BCUT2D eigenvalue weighted by molar-refractivity contribution is -0.134. The molecule has 0 N–H and O–H groups in total. The van der Waals surface area contributed by atoms with Gasteiger partial charge in [0.25, 0.3) is 5.91 Å². The number of fused-ring (bicyclic) bond motifs is 1. The molecule has 0 unspecified atom stereocenters. The van der Waals surface area contributed by atoms with Crippen LogP contribution in [-0.2, 0) is 17.8 Å². The zero-order valence-electron chi connectivity index (χ0n) is 13.3. The maximum absolute atomic E-state index is 12.3. The summed E-state index contributed by atoms with van der Waals surface area (Å²) in [6, 6.07) is 5.55. The fraction of sp³-hybridized carbons (Fsp3) is 0.375. The van der Waals surface area contributed by atoms with E-state index in [0.29, 0.717) is 25.3 Å². The van der Waals surface area contributed by atoms with E-state index in [1.54, 1.807) is 29.4 Å². The number of hydrogen-bond acceptors (Lipinski definition) is 6. The molecule has 0 fully saturated rings. The Morgan fingerprint density at radius 3 is 3.00 bits per heavy atom. The van der Waals surface area contributed by atoms with Crippen LogP contribution in [0.1, 0.15) is 11.3 Å². The van der Waals surface area contributed by atoms with Crippen LogP contribution < -0.4 is 9.64 Å². The average molecular weight is 313 g/mol. The van der Waals surface area contributed by atoms with E-state index in [2.05, 4.69) is 15.2 Å². The van der Waals surface area contributed by atoms with Gasteiger partial charge in [-0.05, 0) is 23.8 Å². The Bertz CT molecular complexity index is 690. The van der Waals surface area contributed by atoms with Crippen LogP contribution in [0.2, 0.25) is 0 Å². The maximum atomic E-state index is 12.3. The molecule has 3 rings (SSSR count). The molecule has 2 aromatic heterocycles. The Morgan fingerprint density at radius 2 is 2.26 bits per heavy atom. The van der Waals surface area contributed by atoms with E-state index in [0.717, 1.165) is 17.1 Å². The first-order valence-electron chi connectivity index (χ1n) is 7.47. The summed E-state index contributed by atoms with van der Waals surface area (Å²) in [4.78, 5) is 20.0. The normalized spacial score (nSPS) is 13.4. The Morgan fingerprint density at radius 1 is 1.39 bits per heavy atom. The fourth-order valence-corrected chi connectivity index (χ4v) is 2.42. The van der Waals surface area contributed by atoms with Crippen molar-refractivity contribution in [2.45, 2.75) is 13.0 Å². The first-order valence-corrected chi connectivity index (χ1v) is 7.47. The molecule has 2 aromatic rings. The number of nitrogens with zero attached hydrogens (tertiary/aromatic N) is 5. The minimum Gasteiger partial charge on any atom is -0.482 e. The molecule has 0 saturated heterocycles. The number of hydrogen-bond donors (Lipinski definition) is 0. The second-order valence-electron chi connectivity index (χ2n) is 5.61. The highest BCUT2D eigenvalue weighted by Crippen LogP contribution is 2.20. The molecule has 0 atom stereocenters. The Kier molecular flexibility index (Phi) is 4.36. The Hall–Kier alpha value is -2.70. The molecule has 3 heterocycles. The molecule has 0 spiro atoms. The summed E-state index contributed by atoms with van der Waals surface area (Å²) in [6.45, 7) is 1.19. The van der Waals surface area contributed by atoms with E-state index in [4.69, 9.17) is 4.74 Å². The number of rotatable bonds is 4. The molecular formula is C16H19N5O2. The smallest absolute Gasteiger partial charge is 0.260 e. The lowest BCUT2D eigenvalue weighted by Crippen LogP contribution is -2.39. The van der Waals surface area contributed by atoms with E-state index in [9.17, 15) is 4.79 Å². The number of carbonyl (C=O) groups is 1. The van der Waals surface area contributed by atoms with Gasteiger partial charge >= 0.3 is 0 Å².